The van der Waals surface area contributed by atoms with E-state index in [0.717, 1.165) is 57.8 Å². The minimum Gasteiger partial charge on any atom is -0.457 e. The molecule has 4 nitrogen and oxygen atoms in total. The fourth-order valence-electron chi connectivity index (χ4n) is 5.24. The van der Waals surface area contributed by atoms with Crippen molar-refractivity contribution in [3.63, 3.8) is 0 Å². The molecule has 0 aliphatic heterocycles. The molecular formula is C45H76O4. The summed E-state index contributed by atoms with van der Waals surface area (Å²) in [5.41, 5.74) is 0. The number of carbonyl (C=O) groups is 1. The lowest BCUT2D eigenvalue weighted by molar-refractivity contribution is -0.154. The highest BCUT2D eigenvalue weighted by Gasteiger charge is 2.13. The van der Waals surface area contributed by atoms with Gasteiger partial charge in [0, 0.05) is 6.42 Å². The van der Waals surface area contributed by atoms with Crippen LogP contribution in [0.3, 0.4) is 0 Å². The molecule has 0 fully saturated rings. The van der Waals surface area contributed by atoms with Gasteiger partial charge in [-0.25, -0.2) is 0 Å². The number of carbonyl (C=O) groups excluding carboxylic acids is 1. The Labute approximate surface area is 303 Å². The number of hydrogen-bond acceptors (Lipinski definition) is 4. The Balaban J connectivity index is 3.57. The van der Waals surface area contributed by atoms with Gasteiger partial charge in [0.15, 0.2) is 0 Å². The van der Waals surface area contributed by atoms with Gasteiger partial charge in [0.1, 0.15) is 6.10 Å². The number of esters is 1. The summed E-state index contributed by atoms with van der Waals surface area (Å²) in [7, 11) is 0. The summed E-state index contributed by atoms with van der Waals surface area (Å²) in [5.74, 6) is -0.233. The molecule has 0 aromatic carbocycles. The molecule has 1 atom stereocenters. The van der Waals surface area contributed by atoms with E-state index in [-0.39, 0.29) is 19.2 Å². The Morgan fingerprint density at radius 2 is 0.918 bits per heavy atom. The lowest BCUT2D eigenvalue weighted by Crippen LogP contribution is -2.27. The molecule has 0 aromatic rings. The fraction of sp³-hybridized carbons (Fsp3) is 0.667. The molecule has 0 aliphatic rings. The predicted molar refractivity (Wildman–Crippen MR) is 214 cm³/mol. The fourth-order valence-corrected chi connectivity index (χ4v) is 5.24. The van der Waals surface area contributed by atoms with Crippen molar-refractivity contribution in [1.82, 2.24) is 0 Å². The third-order valence-electron chi connectivity index (χ3n) is 8.22. The first-order valence-corrected chi connectivity index (χ1v) is 20.2. The van der Waals surface area contributed by atoms with Gasteiger partial charge < -0.3 is 14.6 Å². The zero-order valence-electron chi connectivity index (χ0n) is 31.9. The summed E-state index contributed by atoms with van der Waals surface area (Å²) in [5, 5.41) is 9.57. The molecule has 0 heterocycles. The second-order valence-electron chi connectivity index (χ2n) is 13.0. The number of aliphatic hydroxyl groups excluding tert-OH is 1. The maximum Gasteiger partial charge on any atom is 0.306 e. The summed E-state index contributed by atoms with van der Waals surface area (Å²) in [6.45, 7) is 5.00. The van der Waals surface area contributed by atoms with Crippen molar-refractivity contribution in [1.29, 1.82) is 0 Å². The van der Waals surface area contributed by atoms with Gasteiger partial charge in [0.2, 0.25) is 0 Å². The summed E-state index contributed by atoms with van der Waals surface area (Å²) < 4.78 is 11.0. The number of allylic oxidation sites excluding steroid dienone is 13. The van der Waals surface area contributed by atoms with Gasteiger partial charge in [-0.3, -0.25) is 4.79 Å². The minimum absolute atomic E-state index is 0.208. The Morgan fingerprint density at radius 3 is 1.39 bits per heavy atom. The van der Waals surface area contributed by atoms with Crippen molar-refractivity contribution >= 4 is 5.97 Å². The van der Waals surface area contributed by atoms with E-state index in [9.17, 15) is 9.90 Å². The van der Waals surface area contributed by atoms with Crippen LogP contribution < -0.4 is 0 Å². The monoisotopic (exact) mass is 681 g/mol. The van der Waals surface area contributed by atoms with Crippen molar-refractivity contribution < 1.29 is 19.4 Å². The third-order valence-corrected chi connectivity index (χ3v) is 8.22. The molecule has 49 heavy (non-hydrogen) atoms. The van der Waals surface area contributed by atoms with Crippen LogP contribution in [-0.2, 0) is 14.3 Å². The number of rotatable bonds is 36. The zero-order chi connectivity index (χ0) is 35.6. The van der Waals surface area contributed by atoms with Crippen LogP contribution >= 0.6 is 0 Å². The molecule has 0 aliphatic carbocycles. The molecule has 0 spiro atoms. The highest BCUT2D eigenvalue weighted by Crippen LogP contribution is 2.12. The first-order valence-electron chi connectivity index (χ1n) is 20.2. The first-order chi connectivity index (χ1) is 24.2. The minimum atomic E-state index is -0.580. The normalized spacial score (nSPS) is 13.3. The van der Waals surface area contributed by atoms with E-state index < -0.39 is 6.10 Å². The molecular weight excluding hydrogens is 604 g/mol. The smallest absolute Gasteiger partial charge is 0.306 e. The van der Waals surface area contributed by atoms with E-state index in [1.165, 1.54) is 89.9 Å². The zero-order valence-corrected chi connectivity index (χ0v) is 31.9. The molecule has 4 heteroatoms. The largest absolute Gasteiger partial charge is 0.457 e. The van der Waals surface area contributed by atoms with Gasteiger partial charge in [0.25, 0.3) is 0 Å². The number of aliphatic hydroxyl groups is 1. The van der Waals surface area contributed by atoms with Gasteiger partial charge in [-0.15, -0.1) is 0 Å². The van der Waals surface area contributed by atoms with Gasteiger partial charge in [-0.1, -0.05) is 170 Å². The van der Waals surface area contributed by atoms with Gasteiger partial charge in [0.05, 0.1) is 19.8 Å². The van der Waals surface area contributed by atoms with Crippen LogP contribution in [0.1, 0.15) is 168 Å². The molecule has 0 bridgehead atoms. The average Bonchev–Trinajstić information content (AvgIpc) is 3.11. The van der Waals surface area contributed by atoms with Crippen LogP contribution in [0.4, 0.5) is 0 Å². The van der Waals surface area contributed by atoms with Crippen LogP contribution in [0, 0.1) is 0 Å². The van der Waals surface area contributed by atoms with Gasteiger partial charge in [-0.05, 0) is 77.0 Å². The second kappa shape index (κ2) is 41.7. The molecule has 0 rings (SSSR count). The van der Waals surface area contributed by atoms with E-state index in [0.29, 0.717) is 13.0 Å². The second-order valence-corrected chi connectivity index (χ2v) is 13.0. The van der Waals surface area contributed by atoms with Crippen LogP contribution in [0.5, 0.6) is 0 Å². The molecule has 0 radical (unpaired) electrons. The average molecular weight is 681 g/mol. The maximum absolute atomic E-state index is 12.2. The van der Waals surface area contributed by atoms with Gasteiger partial charge >= 0.3 is 5.97 Å². The Morgan fingerprint density at radius 1 is 0.510 bits per heavy atom. The Bertz CT molecular complexity index is 892. The van der Waals surface area contributed by atoms with Crippen molar-refractivity contribution in [2.45, 2.75) is 174 Å². The molecule has 280 valence electrons. The van der Waals surface area contributed by atoms with E-state index in [2.05, 4.69) is 98.9 Å². The summed E-state index contributed by atoms with van der Waals surface area (Å²) in [4.78, 5) is 12.2. The summed E-state index contributed by atoms with van der Waals surface area (Å²) in [6, 6.07) is 0. The highest BCUT2D eigenvalue weighted by molar-refractivity contribution is 5.69. The number of ether oxygens (including phenoxy) is 2. The predicted octanol–water partition coefficient (Wildman–Crippen LogP) is 13.2. The number of unbranched alkanes of at least 4 members (excludes halogenated alkanes) is 14. The first kappa shape index (κ1) is 46.6. The van der Waals surface area contributed by atoms with E-state index in [4.69, 9.17) is 9.47 Å². The maximum atomic E-state index is 12.2. The van der Waals surface area contributed by atoms with Crippen LogP contribution in [0.2, 0.25) is 0 Å². The molecule has 1 N–H and O–H groups in total. The van der Waals surface area contributed by atoms with E-state index >= 15 is 0 Å². The van der Waals surface area contributed by atoms with Crippen LogP contribution in [0.15, 0.2) is 85.1 Å². The van der Waals surface area contributed by atoms with Crippen molar-refractivity contribution in [2.24, 2.45) is 0 Å². The Hall–Kier alpha value is -2.43. The third kappa shape index (κ3) is 39.9. The van der Waals surface area contributed by atoms with Gasteiger partial charge in [-0.2, -0.15) is 0 Å². The number of hydrogen-bond donors (Lipinski definition) is 1. The summed E-state index contributed by atoms with van der Waals surface area (Å²) >= 11 is 0. The van der Waals surface area contributed by atoms with E-state index in [1.54, 1.807) is 0 Å². The van der Waals surface area contributed by atoms with Crippen molar-refractivity contribution in [3.05, 3.63) is 85.1 Å². The van der Waals surface area contributed by atoms with Crippen LogP contribution in [-0.4, -0.2) is 37.0 Å². The topological polar surface area (TPSA) is 55.8 Å². The molecule has 0 aromatic heterocycles. The van der Waals surface area contributed by atoms with Crippen LogP contribution in [0.25, 0.3) is 0 Å². The molecule has 0 amide bonds. The lowest BCUT2D eigenvalue weighted by Gasteiger charge is -2.15. The standard InChI is InChI=1S/C45H76O4/c1-3-5-7-9-11-13-15-17-19-21-22-23-24-25-26-28-30-32-34-36-38-40-45(47)49-44(42-46)43-48-41-39-37-35-33-31-29-27-20-18-16-14-12-10-8-6-4-2/h6,8,12,14-15,17-18,20-22,29,31,35,37,44,46H,3-5,7,9-11,13,16,19,23-28,30,32-34,36,38-43H2,1-2H3/b8-6-,14-12-,17-15-,20-18-,22-21-,31-29-,37-35-. The molecule has 0 saturated heterocycles. The van der Waals surface area contributed by atoms with Crippen molar-refractivity contribution in [3.8, 4) is 0 Å². The molecule has 1 unspecified atom stereocenters. The molecule has 0 saturated carbocycles. The summed E-state index contributed by atoms with van der Waals surface area (Å²) in [6.07, 6.45) is 57.9. The van der Waals surface area contributed by atoms with Crippen molar-refractivity contribution in [2.75, 3.05) is 19.8 Å². The lowest BCUT2D eigenvalue weighted by atomic mass is 10.1. The highest BCUT2D eigenvalue weighted by atomic mass is 16.6. The Kier molecular flexibility index (Phi) is 39.7. The van der Waals surface area contributed by atoms with E-state index in [1.807, 2.05) is 0 Å². The SMILES string of the molecule is CC/C=C\C/C=C\C/C=C\C/C=C\C/C=C\CCOCC(CO)OC(=O)CCCCCCCCCCC/C=C\C/C=C\CCCCCCC. The quantitative estimate of drug-likeness (QED) is 0.0406.